The van der Waals surface area contributed by atoms with Gasteiger partial charge in [-0.05, 0) is 37.0 Å². The fourth-order valence-electron chi connectivity index (χ4n) is 2.85. The third-order valence-electron chi connectivity index (χ3n) is 4.19. The van der Waals surface area contributed by atoms with Crippen molar-refractivity contribution in [1.82, 2.24) is 0 Å². The van der Waals surface area contributed by atoms with Crippen molar-refractivity contribution in [3.8, 4) is 0 Å². The molecule has 0 spiro atoms. The Bertz CT molecular complexity index is 354. The Morgan fingerprint density at radius 1 is 1.17 bits per heavy atom. The first-order valence-corrected chi connectivity index (χ1v) is 7.23. The van der Waals surface area contributed by atoms with Crippen LogP contribution in [0.2, 0.25) is 0 Å². The Hall–Kier alpha value is -1.02. The summed E-state index contributed by atoms with van der Waals surface area (Å²) in [5.74, 6) is 0. The average molecular weight is 247 g/mol. The molecule has 100 valence electrons. The van der Waals surface area contributed by atoms with Crippen LogP contribution in [0.3, 0.4) is 0 Å². The summed E-state index contributed by atoms with van der Waals surface area (Å²) in [5.41, 5.74) is 2.30. The molecule has 1 aliphatic carbocycles. The van der Waals surface area contributed by atoms with E-state index in [4.69, 9.17) is 0 Å². The summed E-state index contributed by atoms with van der Waals surface area (Å²) in [6.45, 7) is 2.01. The molecule has 1 aromatic carbocycles. The smallest absolute Gasteiger partial charge is 0.0787 e. The highest BCUT2D eigenvalue weighted by atomic mass is 16.3. The molecule has 1 saturated carbocycles. The van der Waals surface area contributed by atoms with E-state index < -0.39 is 0 Å². The number of hydrogen-bond donors (Lipinski definition) is 1. The van der Waals surface area contributed by atoms with Crippen LogP contribution in [0, 0.1) is 0 Å². The molecule has 18 heavy (non-hydrogen) atoms. The first-order chi connectivity index (χ1) is 8.72. The highest BCUT2D eigenvalue weighted by Gasteiger charge is 2.18. The Labute approximate surface area is 111 Å². The average Bonchev–Trinajstić information content (AvgIpc) is 2.47. The first-order valence-electron chi connectivity index (χ1n) is 7.23. The maximum absolute atomic E-state index is 9.79. The number of rotatable bonds is 4. The maximum Gasteiger partial charge on any atom is 0.0787 e. The van der Waals surface area contributed by atoms with E-state index in [1.165, 1.54) is 37.8 Å². The molecule has 1 aromatic rings. The normalized spacial score (nSPS) is 18.6. The Morgan fingerprint density at radius 3 is 2.33 bits per heavy atom. The summed E-state index contributed by atoms with van der Waals surface area (Å²) < 4.78 is 0. The number of anilines is 1. The van der Waals surface area contributed by atoms with Crippen LogP contribution in [0.15, 0.2) is 24.3 Å². The molecule has 1 fully saturated rings. The van der Waals surface area contributed by atoms with Crippen LogP contribution >= 0.6 is 0 Å². The van der Waals surface area contributed by atoms with Gasteiger partial charge in [-0.1, -0.05) is 38.3 Å². The van der Waals surface area contributed by atoms with Gasteiger partial charge in [0.25, 0.3) is 0 Å². The van der Waals surface area contributed by atoms with Crippen LogP contribution in [0.1, 0.15) is 57.1 Å². The van der Waals surface area contributed by atoms with E-state index in [1.54, 1.807) is 0 Å². The third-order valence-corrected chi connectivity index (χ3v) is 4.19. The fraction of sp³-hybridized carbons (Fsp3) is 0.625. The van der Waals surface area contributed by atoms with Gasteiger partial charge in [0, 0.05) is 18.8 Å². The van der Waals surface area contributed by atoms with E-state index in [1.807, 2.05) is 6.92 Å². The van der Waals surface area contributed by atoms with E-state index >= 15 is 0 Å². The number of aliphatic hydroxyl groups excluding tert-OH is 1. The summed E-state index contributed by atoms with van der Waals surface area (Å²) >= 11 is 0. The summed E-state index contributed by atoms with van der Waals surface area (Å²) in [6.07, 6.45) is 7.21. The van der Waals surface area contributed by atoms with Gasteiger partial charge in [0.2, 0.25) is 0 Å². The van der Waals surface area contributed by atoms with Crippen LogP contribution in [0.25, 0.3) is 0 Å². The lowest BCUT2D eigenvalue weighted by atomic mass is 9.94. The second kappa shape index (κ2) is 6.24. The minimum atomic E-state index is -0.320. The van der Waals surface area contributed by atoms with E-state index in [9.17, 15) is 5.11 Å². The molecule has 0 aromatic heterocycles. The molecule has 2 nitrogen and oxygen atoms in total. The van der Waals surface area contributed by atoms with Crippen molar-refractivity contribution in [2.24, 2.45) is 0 Å². The monoisotopic (exact) mass is 247 g/mol. The first kappa shape index (κ1) is 13.4. The molecule has 0 bridgehead atoms. The number of hydrogen-bond acceptors (Lipinski definition) is 2. The quantitative estimate of drug-likeness (QED) is 0.872. The van der Waals surface area contributed by atoms with Crippen LogP contribution in [-0.4, -0.2) is 18.2 Å². The van der Waals surface area contributed by atoms with Gasteiger partial charge in [-0.25, -0.2) is 0 Å². The Balaban J connectivity index is 2.03. The van der Waals surface area contributed by atoms with Crippen molar-refractivity contribution in [2.45, 2.75) is 57.6 Å². The van der Waals surface area contributed by atoms with Gasteiger partial charge in [-0.15, -0.1) is 0 Å². The standard InChI is InChI=1S/C16H25NO/c1-3-16(18)13-9-11-15(12-10-13)17(2)14-7-5-4-6-8-14/h9-12,14,16,18H,3-8H2,1-2H3/t16-/m1/s1. The third kappa shape index (κ3) is 3.05. The zero-order chi connectivity index (χ0) is 13.0. The van der Waals surface area contributed by atoms with E-state index in [2.05, 4.69) is 36.2 Å². The molecule has 1 atom stereocenters. The minimum absolute atomic E-state index is 0.320. The summed E-state index contributed by atoms with van der Waals surface area (Å²) in [4.78, 5) is 2.40. The maximum atomic E-state index is 9.79. The van der Waals surface area contributed by atoms with Crippen molar-refractivity contribution in [1.29, 1.82) is 0 Å². The lowest BCUT2D eigenvalue weighted by molar-refractivity contribution is 0.173. The second-order valence-electron chi connectivity index (χ2n) is 5.42. The molecule has 0 unspecified atom stereocenters. The predicted molar refractivity (Wildman–Crippen MR) is 77.0 cm³/mol. The van der Waals surface area contributed by atoms with Gasteiger partial charge in [-0.2, -0.15) is 0 Å². The summed E-state index contributed by atoms with van der Waals surface area (Å²) in [7, 11) is 2.20. The zero-order valence-electron chi connectivity index (χ0n) is 11.6. The molecule has 0 aliphatic heterocycles. The molecule has 2 rings (SSSR count). The SMILES string of the molecule is CC[C@@H](O)c1ccc(N(C)C2CCCCC2)cc1. The zero-order valence-corrected chi connectivity index (χ0v) is 11.6. The molecule has 1 N–H and O–H groups in total. The summed E-state index contributed by atoms with van der Waals surface area (Å²) in [6, 6.07) is 9.10. The molecule has 0 heterocycles. The highest BCUT2D eigenvalue weighted by molar-refractivity contribution is 5.48. The van der Waals surface area contributed by atoms with Crippen molar-refractivity contribution in [2.75, 3.05) is 11.9 Å². The summed E-state index contributed by atoms with van der Waals surface area (Å²) in [5, 5.41) is 9.79. The van der Waals surface area contributed by atoms with E-state index in [0.717, 1.165) is 12.0 Å². The van der Waals surface area contributed by atoms with Gasteiger partial charge in [0.05, 0.1) is 6.10 Å². The molecule has 0 amide bonds. The van der Waals surface area contributed by atoms with E-state index in [0.29, 0.717) is 6.04 Å². The second-order valence-corrected chi connectivity index (χ2v) is 5.42. The number of benzene rings is 1. The lowest BCUT2D eigenvalue weighted by Gasteiger charge is -2.33. The van der Waals surface area contributed by atoms with Crippen molar-refractivity contribution >= 4 is 5.69 Å². The van der Waals surface area contributed by atoms with Gasteiger partial charge in [0.1, 0.15) is 0 Å². The van der Waals surface area contributed by atoms with Gasteiger partial charge < -0.3 is 10.0 Å². The predicted octanol–water partition coefficient (Wildman–Crippen LogP) is 3.90. The topological polar surface area (TPSA) is 23.5 Å². The fourth-order valence-corrected chi connectivity index (χ4v) is 2.85. The Kier molecular flexibility index (Phi) is 4.65. The van der Waals surface area contributed by atoms with Crippen LogP contribution < -0.4 is 4.90 Å². The van der Waals surface area contributed by atoms with Gasteiger partial charge >= 0.3 is 0 Å². The van der Waals surface area contributed by atoms with Crippen LogP contribution in [0.5, 0.6) is 0 Å². The number of nitrogens with zero attached hydrogens (tertiary/aromatic N) is 1. The largest absolute Gasteiger partial charge is 0.388 e. The Morgan fingerprint density at radius 2 is 1.78 bits per heavy atom. The van der Waals surface area contributed by atoms with Crippen LogP contribution in [0.4, 0.5) is 5.69 Å². The van der Waals surface area contributed by atoms with Crippen molar-refractivity contribution in [3.63, 3.8) is 0 Å². The highest BCUT2D eigenvalue weighted by Crippen LogP contribution is 2.27. The molecule has 2 heteroatoms. The molecule has 0 radical (unpaired) electrons. The molecule has 0 saturated heterocycles. The molecular weight excluding hydrogens is 222 g/mol. The molecule has 1 aliphatic rings. The minimum Gasteiger partial charge on any atom is -0.388 e. The van der Waals surface area contributed by atoms with Crippen molar-refractivity contribution in [3.05, 3.63) is 29.8 Å². The molecular formula is C16H25NO. The van der Waals surface area contributed by atoms with Crippen LogP contribution in [-0.2, 0) is 0 Å². The number of aliphatic hydroxyl groups is 1. The van der Waals surface area contributed by atoms with E-state index in [-0.39, 0.29) is 6.10 Å². The van der Waals surface area contributed by atoms with Crippen molar-refractivity contribution < 1.29 is 5.11 Å². The lowest BCUT2D eigenvalue weighted by Crippen LogP contribution is -2.33. The van der Waals surface area contributed by atoms with Gasteiger partial charge in [-0.3, -0.25) is 0 Å². The van der Waals surface area contributed by atoms with Gasteiger partial charge in [0.15, 0.2) is 0 Å².